The van der Waals surface area contributed by atoms with E-state index in [4.69, 9.17) is 4.74 Å². The summed E-state index contributed by atoms with van der Waals surface area (Å²) in [7, 11) is 0. The number of benzene rings is 2. The van der Waals surface area contributed by atoms with Gasteiger partial charge in [0.25, 0.3) is 0 Å². The fraction of sp³-hybridized carbons (Fsp3) is 0.286. The third-order valence-corrected chi connectivity index (χ3v) is 5.50. The number of fused-ring (bicyclic) bond motifs is 3. The number of hydrogen-bond donors (Lipinski definition) is 1. The summed E-state index contributed by atoms with van der Waals surface area (Å²) in [5, 5.41) is 12.8. The number of thioether (sulfide) groups is 1. The number of hydrogen-bond acceptors (Lipinski definition) is 6. The summed E-state index contributed by atoms with van der Waals surface area (Å²) in [4.78, 5) is 4.65. The summed E-state index contributed by atoms with van der Waals surface area (Å²) in [6.07, 6.45) is 1.74. The molecule has 4 rings (SSSR count). The Bertz CT molecular complexity index is 930. The zero-order chi connectivity index (χ0) is 18.6. The zero-order valence-electron chi connectivity index (χ0n) is 15.5. The van der Waals surface area contributed by atoms with Crippen LogP contribution in [0.3, 0.4) is 0 Å². The van der Waals surface area contributed by atoms with E-state index in [1.54, 1.807) is 11.8 Å². The minimum atomic E-state index is -0.334. The van der Waals surface area contributed by atoms with Crippen molar-refractivity contribution in [3.8, 4) is 17.1 Å². The molecule has 0 fully saturated rings. The highest BCUT2D eigenvalue weighted by atomic mass is 32.2. The Labute approximate surface area is 163 Å². The van der Waals surface area contributed by atoms with Crippen molar-refractivity contribution in [2.45, 2.75) is 38.1 Å². The molecule has 0 radical (unpaired) electrons. The highest BCUT2D eigenvalue weighted by Crippen LogP contribution is 2.39. The van der Waals surface area contributed by atoms with E-state index >= 15 is 0 Å². The van der Waals surface area contributed by atoms with Crippen LogP contribution in [0.4, 0.5) is 5.69 Å². The second-order valence-electron chi connectivity index (χ2n) is 6.38. The maximum atomic E-state index is 6.28. The van der Waals surface area contributed by atoms with Gasteiger partial charge >= 0.3 is 0 Å². The van der Waals surface area contributed by atoms with Gasteiger partial charge in [0.1, 0.15) is 0 Å². The molecule has 1 atom stereocenters. The Morgan fingerprint density at radius 1 is 1.04 bits per heavy atom. The molecule has 1 N–H and O–H groups in total. The van der Waals surface area contributed by atoms with Crippen LogP contribution in [0, 0.1) is 0 Å². The summed E-state index contributed by atoms with van der Waals surface area (Å²) in [6.45, 7) is 4.29. The van der Waals surface area contributed by atoms with Crippen LogP contribution in [0.5, 0.6) is 5.88 Å². The van der Waals surface area contributed by atoms with Crippen LogP contribution in [0.1, 0.15) is 37.6 Å². The summed E-state index contributed by atoms with van der Waals surface area (Å²) in [5.74, 6) is 1.47. The average Bonchev–Trinajstić information content (AvgIpc) is 2.88. The SMILES string of the molecule is CCCSc1nnc2c(n1)O[C@H](c1ccc(CC)cc1)Nc1ccccc1-2. The molecule has 27 heavy (non-hydrogen) atoms. The molecule has 6 heteroatoms. The van der Waals surface area contributed by atoms with Crippen LogP contribution < -0.4 is 10.1 Å². The molecule has 0 aliphatic carbocycles. The van der Waals surface area contributed by atoms with Crippen molar-refractivity contribution in [2.75, 3.05) is 11.1 Å². The largest absolute Gasteiger partial charge is 0.448 e. The van der Waals surface area contributed by atoms with E-state index in [0.717, 1.165) is 35.4 Å². The van der Waals surface area contributed by atoms with Gasteiger partial charge in [0.15, 0.2) is 11.9 Å². The number of anilines is 1. The van der Waals surface area contributed by atoms with Gasteiger partial charge in [-0.1, -0.05) is 68.1 Å². The van der Waals surface area contributed by atoms with E-state index in [0.29, 0.717) is 16.7 Å². The Morgan fingerprint density at radius 2 is 1.85 bits per heavy atom. The molecule has 5 nitrogen and oxygen atoms in total. The molecule has 0 unspecified atom stereocenters. The Kier molecular flexibility index (Phi) is 5.25. The van der Waals surface area contributed by atoms with Gasteiger partial charge in [-0.2, -0.15) is 4.98 Å². The van der Waals surface area contributed by atoms with Gasteiger partial charge in [0.05, 0.1) is 0 Å². The number of para-hydroxylation sites is 1. The van der Waals surface area contributed by atoms with Crippen molar-refractivity contribution in [3.05, 3.63) is 59.7 Å². The lowest BCUT2D eigenvalue weighted by Gasteiger charge is -2.19. The third kappa shape index (κ3) is 3.76. The molecular formula is C21H22N4OS. The standard InChI is InChI=1S/C21H22N4OS/c1-3-13-27-21-23-20-18(24-25-21)16-7-5-6-8-17(16)22-19(26-20)15-11-9-14(4-2)10-12-15/h5-12,19,22H,3-4,13H2,1-2H3/t19-/m1/s1. The van der Waals surface area contributed by atoms with Crippen LogP contribution in [0.15, 0.2) is 53.7 Å². The van der Waals surface area contributed by atoms with Crippen LogP contribution >= 0.6 is 11.8 Å². The first-order valence-corrected chi connectivity index (χ1v) is 10.3. The summed E-state index contributed by atoms with van der Waals surface area (Å²) in [5.41, 5.74) is 4.94. The fourth-order valence-corrected chi connectivity index (χ4v) is 3.61. The van der Waals surface area contributed by atoms with E-state index in [1.807, 2.05) is 24.3 Å². The molecule has 0 saturated heterocycles. The highest BCUT2D eigenvalue weighted by molar-refractivity contribution is 7.99. The van der Waals surface area contributed by atoms with Crippen molar-refractivity contribution in [1.82, 2.24) is 15.2 Å². The normalized spacial score (nSPS) is 15.1. The van der Waals surface area contributed by atoms with Gasteiger partial charge in [-0.15, -0.1) is 10.2 Å². The van der Waals surface area contributed by atoms with Crippen LogP contribution in [0.2, 0.25) is 0 Å². The first-order valence-electron chi connectivity index (χ1n) is 9.27. The summed E-state index contributed by atoms with van der Waals surface area (Å²) >= 11 is 1.60. The lowest BCUT2D eigenvalue weighted by atomic mass is 10.1. The first-order chi connectivity index (χ1) is 13.3. The smallest absolute Gasteiger partial charge is 0.247 e. The van der Waals surface area contributed by atoms with E-state index in [9.17, 15) is 0 Å². The number of rotatable bonds is 5. The molecule has 0 bridgehead atoms. The Balaban J connectivity index is 1.75. The highest BCUT2D eigenvalue weighted by Gasteiger charge is 2.25. The number of nitrogens with one attached hydrogen (secondary N) is 1. The number of nitrogens with zero attached hydrogens (tertiary/aromatic N) is 3. The Hall–Kier alpha value is -2.60. The molecular weight excluding hydrogens is 356 g/mol. The quantitative estimate of drug-likeness (QED) is 0.623. The van der Waals surface area contributed by atoms with Gasteiger partial charge in [-0.25, -0.2) is 0 Å². The molecule has 0 spiro atoms. The fourth-order valence-electron chi connectivity index (χ4n) is 2.98. The van der Waals surface area contributed by atoms with Crippen molar-refractivity contribution in [3.63, 3.8) is 0 Å². The molecule has 0 saturated carbocycles. The van der Waals surface area contributed by atoms with Crippen LogP contribution in [0.25, 0.3) is 11.3 Å². The number of aryl methyl sites for hydroxylation is 1. The molecule has 2 heterocycles. The third-order valence-electron chi connectivity index (χ3n) is 4.46. The van der Waals surface area contributed by atoms with Crippen LogP contribution in [-0.2, 0) is 6.42 Å². The van der Waals surface area contributed by atoms with Crippen molar-refractivity contribution in [1.29, 1.82) is 0 Å². The second kappa shape index (κ2) is 7.96. The maximum absolute atomic E-state index is 6.28. The minimum absolute atomic E-state index is 0.334. The predicted molar refractivity (Wildman–Crippen MR) is 109 cm³/mol. The number of aromatic nitrogens is 3. The van der Waals surface area contributed by atoms with E-state index in [-0.39, 0.29) is 6.23 Å². The van der Waals surface area contributed by atoms with E-state index in [1.165, 1.54) is 5.56 Å². The van der Waals surface area contributed by atoms with E-state index in [2.05, 4.69) is 58.6 Å². The lowest BCUT2D eigenvalue weighted by Crippen LogP contribution is -2.17. The second-order valence-corrected chi connectivity index (χ2v) is 7.44. The minimum Gasteiger partial charge on any atom is -0.448 e. The van der Waals surface area contributed by atoms with Gasteiger partial charge in [0, 0.05) is 22.6 Å². The molecule has 138 valence electrons. The molecule has 1 aromatic heterocycles. The average molecular weight is 379 g/mol. The summed E-state index contributed by atoms with van der Waals surface area (Å²) in [6, 6.07) is 16.5. The molecule has 0 amide bonds. The molecule has 3 aromatic rings. The number of ether oxygens (including phenoxy) is 1. The maximum Gasteiger partial charge on any atom is 0.247 e. The van der Waals surface area contributed by atoms with Gasteiger partial charge in [0.2, 0.25) is 11.0 Å². The van der Waals surface area contributed by atoms with Crippen molar-refractivity contribution in [2.24, 2.45) is 0 Å². The molecule has 1 aliphatic heterocycles. The van der Waals surface area contributed by atoms with Gasteiger partial charge < -0.3 is 10.1 Å². The molecule has 1 aliphatic rings. The van der Waals surface area contributed by atoms with Crippen LogP contribution in [-0.4, -0.2) is 20.9 Å². The summed E-state index contributed by atoms with van der Waals surface area (Å²) < 4.78 is 6.28. The van der Waals surface area contributed by atoms with Gasteiger partial charge in [-0.3, -0.25) is 0 Å². The van der Waals surface area contributed by atoms with Gasteiger partial charge in [-0.05, 0) is 24.5 Å². The monoisotopic (exact) mass is 378 g/mol. The topological polar surface area (TPSA) is 59.9 Å². The Morgan fingerprint density at radius 3 is 2.63 bits per heavy atom. The zero-order valence-corrected chi connectivity index (χ0v) is 16.3. The lowest BCUT2D eigenvalue weighted by molar-refractivity contribution is 0.225. The van der Waals surface area contributed by atoms with Crippen molar-refractivity contribution >= 4 is 17.4 Å². The molecule has 2 aromatic carbocycles. The van der Waals surface area contributed by atoms with E-state index < -0.39 is 0 Å². The first kappa shape index (κ1) is 17.8. The van der Waals surface area contributed by atoms with Crippen molar-refractivity contribution < 1.29 is 4.74 Å². The predicted octanol–water partition coefficient (Wildman–Crippen LogP) is 5.11.